The van der Waals surface area contributed by atoms with Gasteiger partial charge in [-0.15, -0.1) is 0 Å². The van der Waals surface area contributed by atoms with Gasteiger partial charge < -0.3 is 9.58 Å². The summed E-state index contributed by atoms with van der Waals surface area (Å²) in [7, 11) is 2.07. The Morgan fingerprint density at radius 2 is 1.89 bits per heavy atom. The molecule has 1 aliphatic rings. The number of fused-ring (bicyclic) bond motifs is 2. The Bertz CT molecular complexity index is 1150. The van der Waals surface area contributed by atoms with Crippen molar-refractivity contribution < 1.29 is 9.30 Å². The van der Waals surface area contributed by atoms with E-state index < -0.39 is 5.54 Å². The van der Waals surface area contributed by atoms with E-state index in [2.05, 4.69) is 67.7 Å². The minimum Gasteiger partial charge on any atom is -0.449 e. The topological polar surface area (TPSA) is 17.5 Å². The van der Waals surface area contributed by atoms with E-state index in [9.17, 15) is 0 Å². The third kappa shape index (κ3) is 2.68. The standard InChI is InChI=1S/C24H25N2O/c1-14-10-18-12-15(2)16(3)20-21(18)19(11-14)27-23-17(13-24(4,5)25-6)8-9-26(7)22(20)23/h8-12H,13H2,1-5,7H3/q+1. The summed E-state index contributed by atoms with van der Waals surface area (Å²) in [5.74, 6) is 1.81. The molecular weight excluding hydrogens is 332 g/mol. The first-order valence-electron chi connectivity index (χ1n) is 9.35. The van der Waals surface area contributed by atoms with Crippen LogP contribution in [-0.4, -0.2) is 5.54 Å². The lowest BCUT2D eigenvalue weighted by atomic mass is 9.87. The van der Waals surface area contributed by atoms with Crippen molar-refractivity contribution in [1.29, 1.82) is 0 Å². The van der Waals surface area contributed by atoms with E-state index in [1.807, 2.05) is 13.8 Å². The molecule has 2 aromatic carbocycles. The molecule has 3 heteroatoms. The van der Waals surface area contributed by atoms with Gasteiger partial charge in [0.2, 0.25) is 11.3 Å². The Kier molecular flexibility index (Phi) is 3.78. The van der Waals surface area contributed by atoms with E-state index in [0.717, 1.165) is 22.8 Å². The quantitative estimate of drug-likeness (QED) is 0.337. The van der Waals surface area contributed by atoms with E-state index in [1.54, 1.807) is 0 Å². The molecule has 0 saturated carbocycles. The minimum absolute atomic E-state index is 0.457. The van der Waals surface area contributed by atoms with Gasteiger partial charge in [0, 0.05) is 30.9 Å². The lowest BCUT2D eigenvalue weighted by Crippen LogP contribution is -2.33. The zero-order valence-electron chi connectivity index (χ0n) is 16.9. The smallest absolute Gasteiger partial charge is 0.256 e. The van der Waals surface area contributed by atoms with E-state index in [-0.39, 0.29) is 0 Å². The Morgan fingerprint density at radius 3 is 2.59 bits per heavy atom. The van der Waals surface area contributed by atoms with Gasteiger partial charge in [-0.05, 0) is 48.9 Å². The van der Waals surface area contributed by atoms with Gasteiger partial charge in [0.1, 0.15) is 12.8 Å². The molecule has 0 amide bonds. The second-order valence-electron chi connectivity index (χ2n) is 8.39. The molecule has 0 N–H and O–H groups in total. The number of ether oxygens (including phenoxy) is 1. The number of nitrogens with zero attached hydrogens (tertiary/aromatic N) is 2. The summed E-state index contributed by atoms with van der Waals surface area (Å²) in [4.78, 5) is 3.80. The van der Waals surface area contributed by atoms with Crippen LogP contribution in [0.1, 0.15) is 36.1 Å². The highest BCUT2D eigenvalue weighted by molar-refractivity contribution is 6.05. The van der Waals surface area contributed by atoms with Crippen LogP contribution >= 0.6 is 0 Å². The van der Waals surface area contributed by atoms with E-state index in [1.165, 1.54) is 33.0 Å². The summed E-state index contributed by atoms with van der Waals surface area (Å²) in [6, 6.07) is 8.70. The second kappa shape index (κ2) is 5.82. The van der Waals surface area contributed by atoms with Crippen molar-refractivity contribution in [1.82, 2.24) is 0 Å². The molecule has 3 aromatic rings. The van der Waals surface area contributed by atoms with Crippen molar-refractivity contribution in [2.75, 3.05) is 0 Å². The van der Waals surface area contributed by atoms with Crippen molar-refractivity contribution in [2.24, 2.45) is 7.05 Å². The highest BCUT2D eigenvalue weighted by Gasteiger charge is 2.35. The molecule has 0 spiro atoms. The SMILES string of the molecule is [C-]#[N+]C(C)(C)Cc1cc[n+](C)c2c1Oc1cc(C)cc3cc(C)c(C)c-2c13. The molecule has 0 atom stereocenters. The average Bonchev–Trinajstić information content (AvgIpc) is 2.60. The molecule has 0 aliphatic carbocycles. The van der Waals surface area contributed by atoms with Crippen molar-refractivity contribution >= 4 is 10.8 Å². The van der Waals surface area contributed by atoms with Gasteiger partial charge in [0.25, 0.3) is 5.69 Å². The number of aryl methyl sites for hydroxylation is 3. The summed E-state index contributed by atoms with van der Waals surface area (Å²) in [6.45, 7) is 18.0. The first kappa shape index (κ1) is 17.5. The Morgan fingerprint density at radius 1 is 1.15 bits per heavy atom. The molecule has 0 radical (unpaired) electrons. The summed E-state index contributed by atoms with van der Waals surface area (Å²) in [5, 5.41) is 2.41. The van der Waals surface area contributed by atoms with Gasteiger partial charge in [-0.25, -0.2) is 6.57 Å². The molecule has 3 nitrogen and oxygen atoms in total. The molecule has 0 fully saturated rings. The normalized spacial score (nSPS) is 12.5. The van der Waals surface area contributed by atoms with E-state index in [0.29, 0.717) is 6.42 Å². The third-order valence-electron chi connectivity index (χ3n) is 5.60. The van der Waals surface area contributed by atoms with Crippen LogP contribution in [0.25, 0.3) is 26.9 Å². The fourth-order valence-corrected chi connectivity index (χ4v) is 4.09. The predicted octanol–water partition coefficient (Wildman–Crippen LogP) is 5.60. The number of aromatic nitrogens is 1. The van der Waals surface area contributed by atoms with Gasteiger partial charge in [0.15, 0.2) is 6.20 Å². The summed E-state index contributed by atoms with van der Waals surface area (Å²) >= 11 is 0. The maximum absolute atomic E-state index is 7.52. The molecule has 1 aliphatic heterocycles. The molecule has 2 heterocycles. The molecule has 0 saturated heterocycles. The first-order chi connectivity index (χ1) is 12.7. The number of pyridine rings is 1. The Balaban J connectivity index is 2.10. The summed E-state index contributed by atoms with van der Waals surface area (Å²) in [6.07, 6.45) is 2.75. The summed E-state index contributed by atoms with van der Waals surface area (Å²) < 4.78 is 8.65. The van der Waals surface area contributed by atoms with Crippen LogP contribution in [0.3, 0.4) is 0 Å². The molecule has 136 valence electrons. The summed E-state index contributed by atoms with van der Waals surface area (Å²) in [5.41, 5.74) is 6.76. The highest BCUT2D eigenvalue weighted by Crippen LogP contribution is 2.49. The second-order valence-corrected chi connectivity index (χ2v) is 8.39. The van der Waals surface area contributed by atoms with E-state index >= 15 is 0 Å². The van der Waals surface area contributed by atoms with Gasteiger partial charge in [-0.3, -0.25) is 0 Å². The lowest BCUT2D eigenvalue weighted by Gasteiger charge is -2.24. The van der Waals surface area contributed by atoms with Crippen LogP contribution in [0, 0.1) is 27.3 Å². The largest absolute Gasteiger partial charge is 0.449 e. The number of rotatable bonds is 2. The monoisotopic (exact) mass is 357 g/mol. The number of hydrogen-bond donors (Lipinski definition) is 0. The first-order valence-corrected chi connectivity index (χ1v) is 9.35. The molecule has 1 aromatic heterocycles. The molecule has 0 unspecified atom stereocenters. The Hall–Kier alpha value is -2.86. The number of hydrogen-bond acceptors (Lipinski definition) is 1. The minimum atomic E-state index is -0.457. The molecule has 0 bridgehead atoms. The van der Waals surface area contributed by atoms with Crippen LogP contribution in [-0.2, 0) is 13.5 Å². The van der Waals surface area contributed by atoms with Gasteiger partial charge in [-0.2, -0.15) is 4.57 Å². The highest BCUT2D eigenvalue weighted by atomic mass is 16.5. The van der Waals surface area contributed by atoms with Crippen LogP contribution in [0.2, 0.25) is 0 Å². The van der Waals surface area contributed by atoms with Crippen molar-refractivity contribution in [3.63, 3.8) is 0 Å². The zero-order chi connectivity index (χ0) is 19.5. The van der Waals surface area contributed by atoms with Crippen LogP contribution < -0.4 is 9.30 Å². The maximum Gasteiger partial charge on any atom is 0.256 e. The average molecular weight is 357 g/mol. The fraction of sp³-hybridized carbons (Fsp3) is 0.333. The zero-order valence-corrected chi connectivity index (χ0v) is 16.9. The lowest BCUT2D eigenvalue weighted by molar-refractivity contribution is -0.660. The van der Waals surface area contributed by atoms with Gasteiger partial charge >= 0.3 is 0 Å². The van der Waals surface area contributed by atoms with Crippen LogP contribution in [0.5, 0.6) is 11.5 Å². The molecular formula is C24H25N2O+. The third-order valence-corrected chi connectivity index (χ3v) is 5.60. The van der Waals surface area contributed by atoms with Crippen molar-refractivity contribution in [3.8, 4) is 22.8 Å². The van der Waals surface area contributed by atoms with Crippen molar-refractivity contribution in [3.05, 3.63) is 64.1 Å². The molecule has 4 rings (SSSR count). The van der Waals surface area contributed by atoms with Crippen LogP contribution in [0.15, 0.2) is 30.5 Å². The molecule has 27 heavy (non-hydrogen) atoms. The van der Waals surface area contributed by atoms with Crippen molar-refractivity contribution in [2.45, 2.75) is 46.6 Å². The van der Waals surface area contributed by atoms with E-state index in [4.69, 9.17) is 11.3 Å². The van der Waals surface area contributed by atoms with Gasteiger partial charge in [0.05, 0.1) is 12.0 Å². The number of benzene rings is 2. The van der Waals surface area contributed by atoms with Crippen LogP contribution in [0.4, 0.5) is 0 Å². The maximum atomic E-state index is 7.52. The fourth-order valence-electron chi connectivity index (χ4n) is 4.09. The van der Waals surface area contributed by atoms with Gasteiger partial charge in [-0.1, -0.05) is 12.1 Å². The predicted molar refractivity (Wildman–Crippen MR) is 109 cm³/mol. The Labute approximate surface area is 161 Å².